The minimum atomic E-state index is -0.0549. The van der Waals surface area contributed by atoms with Crippen molar-refractivity contribution in [1.82, 2.24) is 5.32 Å². The molecule has 1 aromatic rings. The predicted octanol–water partition coefficient (Wildman–Crippen LogP) is 2.09. The Kier molecular flexibility index (Phi) is 4.59. The van der Waals surface area contributed by atoms with E-state index in [4.69, 9.17) is 0 Å². The summed E-state index contributed by atoms with van der Waals surface area (Å²) in [6, 6.07) is 8.25. The average molecular weight is 293 g/mol. The molecule has 1 heterocycles. The Bertz CT molecular complexity index is 309. The van der Waals surface area contributed by atoms with Gasteiger partial charge in [-0.3, -0.25) is 0 Å². The highest BCUT2D eigenvalue weighted by molar-refractivity contribution is 9.10. The summed E-state index contributed by atoms with van der Waals surface area (Å²) in [6.07, 6.45) is 1.02. The van der Waals surface area contributed by atoms with Gasteiger partial charge in [0, 0.05) is 16.4 Å². The number of aliphatic hydroxyl groups excluding tert-OH is 1. The summed E-state index contributed by atoms with van der Waals surface area (Å²) >= 11 is 3.42. The third-order valence-electron chi connectivity index (χ3n) is 3.00. The smallest absolute Gasteiger partial charge is 0.0540 e. The molecule has 2 N–H and O–H groups in total. The van der Waals surface area contributed by atoms with Crippen LogP contribution in [0.1, 0.15) is 12.0 Å². The second-order valence-corrected chi connectivity index (χ2v) is 4.79. The molecule has 1 aliphatic heterocycles. The molecule has 0 aromatic heterocycles. The van der Waals surface area contributed by atoms with Gasteiger partial charge in [0.2, 0.25) is 0 Å². The first-order valence-corrected chi connectivity index (χ1v) is 5.64. The van der Waals surface area contributed by atoms with E-state index in [0.717, 1.165) is 24.0 Å². The number of rotatable bonds is 2. The van der Waals surface area contributed by atoms with Crippen LogP contribution in [-0.2, 0) is 5.41 Å². The number of halogens is 2. The van der Waals surface area contributed by atoms with Crippen molar-refractivity contribution >= 4 is 28.3 Å². The van der Waals surface area contributed by atoms with Gasteiger partial charge in [-0.2, -0.15) is 0 Å². The van der Waals surface area contributed by atoms with Crippen LogP contribution in [0.5, 0.6) is 0 Å². The molecule has 0 bridgehead atoms. The molecule has 1 atom stereocenters. The Hall–Kier alpha value is -0.0900. The van der Waals surface area contributed by atoms with Crippen molar-refractivity contribution in [3.63, 3.8) is 0 Å². The van der Waals surface area contributed by atoms with Crippen LogP contribution in [0.4, 0.5) is 0 Å². The second kappa shape index (κ2) is 5.30. The van der Waals surface area contributed by atoms with Crippen LogP contribution >= 0.6 is 28.3 Å². The van der Waals surface area contributed by atoms with E-state index in [1.165, 1.54) is 5.56 Å². The van der Waals surface area contributed by atoms with Gasteiger partial charge in [-0.1, -0.05) is 28.1 Å². The maximum Gasteiger partial charge on any atom is 0.0540 e. The zero-order valence-corrected chi connectivity index (χ0v) is 10.8. The third kappa shape index (κ3) is 2.53. The molecule has 1 unspecified atom stereocenters. The Balaban J connectivity index is 0.00000112. The molecule has 4 heteroatoms. The van der Waals surface area contributed by atoms with Gasteiger partial charge >= 0.3 is 0 Å². The van der Waals surface area contributed by atoms with Crippen LogP contribution in [0, 0.1) is 0 Å². The molecule has 1 saturated heterocycles. The highest BCUT2D eigenvalue weighted by atomic mass is 79.9. The van der Waals surface area contributed by atoms with E-state index in [1.54, 1.807) is 0 Å². The van der Waals surface area contributed by atoms with Crippen molar-refractivity contribution in [3.05, 3.63) is 34.3 Å². The molecule has 0 radical (unpaired) electrons. The van der Waals surface area contributed by atoms with Crippen LogP contribution < -0.4 is 5.32 Å². The SMILES string of the molecule is Cl.OCC1(c2ccc(Br)cc2)CCNC1. The molecule has 0 amide bonds. The topological polar surface area (TPSA) is 32.3 Å². The van der Waals surface area contributed by atoms with Gasteiger partial charge in [0.15, 0.2) is 0 Å². The quantitative estimate of drug-likeness (QED) is 0.875. The lowest BCUT2D eigenvalue weighted by Crippen LogP contribution is -2.32. The van der Waals surface area contributed by atoms with Crippen molar-refractivity contribution in [3.8, 4) is 0 Å². The van der Waals surface area contributed by atoms with Crippen molar-refractivity contribution in [1.29, 1.82) is 0 Å². The highest BCUT2D eigenvalue weighted by Crippen LogP contribution is 2.30. The van der Waals surface area contributed by atoms with E-state index in [2.05, 4.69) is 33.4 Å². The van der Waals surface area contributed by atoms with Crippen LogP contribution in [0.25, 0.3) is 0 Å². The fourth-order valence-corrected chi connectivity index (χ4v) is 2.28. The first kappa shape index (κ1) is 13.0. The maximum absolute atomic E-state index is 9.49. The minimum absolute atomic E-state index is 0. The number of nitrogens with one attached hydrogen (secondary N) is 1. The fraction of sp³-hybridized carbons (Fsp3) is 0.455. The Morgan fingerprint density at radius 2 is 2.00 bits per heavy atom. The summed E-state index contributed by atoms with van der Waals surface area (Å²) in [5.41, 5.74) is 1.17. The number of aliphatic hydroxyl groups is 1. The van der Waals surface area contributed by atoms with Crippen molar-refractivity contribution in [2.75, 3.05) is 19.7 Å². The number of hydrogen-bond acceptors (Lipinski definition) is 2. The largest absolute Gasteiger partial charge is 0.395 e. The molecule has 1 aliphatic rings. The van der Waals surface area contributed by atoms with Gasteiger partial charge in [0.1, 0.15) is 0 Å². The Morgan fingerprint density at radius 1 is 1.33 bits per heavy atom. The number of hydrogen-bond donors (Lipinski definition) is 2. The van der Waals surface area contributed by atoms with E-state index < -0.39 is 0 Å². The molecule has 15 heavy (non-hydrogen) atoms. The molecular formula is C11H15BrClNO. The molecule has 1 aromatic carbocycles. The molecule has 84 valence electrons. The van der Waals surface area contributed by atoms with E-state index in [0.29, 0.717) is 0 Å². The zero-order chi connectivity index (χ0) is 10.0. The Morgan fingerprint density at radius 3 is 2.47 bits per heavy atom. The van der Waals surface area contributed by atoms with E-state index >= 15 is 0 Å². The number of benzene rings is 1. The third-order valence-corrected chi connectivity index (χ3v) is 3.53. The predicted molar refractivity (Wildman–Crippen MR) is 67.6 cm³/mol. The summed E-state index contributed by atoms with van der Waals surface area (Å²) < 4.78 is 1.08. The molecule has 2 nitrogen and oxygen atoms in total. The van der Waals surface area contributed by atoms with Crippen LogP contribution in [-0.4, -0.2) is 24.8 Å². The molecule has 1 fully saturated rings. The summed E-state index contributed by atoms with van der Waals surface area (Å²) in [6.45, 7) is 2.10. The zero-order valence-electron chi connectivity index (χ0n) is 8.37. The summed E-state index contributed by atoms with van der Waals surface area (Å²) in [7, 11) is 0. The normalized spacial score (nSPS) is 24.9. The molecule has 0 aliphatic carbocycles. The maximum atomic E-state index is 9.49. The van der Waals surface area contributed by atoms with Gasteiger partial charge in [-0.15, -0.1) is 12.4 Å². The van der Waals surface area contributed by atoms with Crippen molar-refractivity contribution in [2.45, 2.75) is 11.8 Å². The van der Waals surface area contributed by atoms with Crippen molar-refractivity contribution in [2.24, 2.45) is 0 Å². The summed E-state index contributed by atoms with van der Waals surface area (Å²) in [5, 5.41) is 12.8. The standard InChI is InChI=1S/C11H14BrNO.ClH/c12-10-3-1-9(2-4-10)11(8-14)5-6-13-7-11;/h1-4,13-14H,5-8H2;1H. The molecule has 0 spiro atoms. The van der Waals surface area contributed by atoms with Gasteiger partial charge in [0.25, 0.3) is 0 Å². The second-order valence-electron chi connectivity index (χ2n) is 3.87. The van der Waals surface area contributed by atoms with Gasteiger partial charge < -0.3 is 10.4 Å². The molecular weight excluding hydrogens is 277 g/mol. The fourth-order valence-electron chi connectivity index (χ4n) is 2.02. The molecule has 2 rings (SSSR count). The van der Waals surface area contributed by atoms with Crippen LogP contribution in [0.15, 0.2) is 28.7 Å². The van der Waals surface area contributed by atoms with E-state index in [1.807, 2.05) is 12.1 Å². The summed E-state index contributed by atoms with van der Waals surface area (Å²) in [5.74, 6) is 0. The van der Waals surface area contributed by atoms with Gasteiger partial charge in [-0.05, 0) is 30.7 Å². The first-order chi connectivity index (χ1) is 6.77. The lowest BCUT2D eigenvalue weighted by atomic mass is 9.80. The van der Waals surface area contributed by atoms with E-state index in [9.17, 15) is 5.11 Å². The minimum Gasteiger partial charge on any atom is -0.395 e. The van der Waals surface area contributed by atoms with Crippen LogP contribution in [0.2, 0.25) is 0 Å². The van der Waals surface area contributed by atoms with Gasteiger partial charge in [-0.25, -0.2) is 0 Å². The average Bonchev–Trinajstić information content (AvgIpc) is 2.68. The van der Waals surface area contributed by atoms with Crippen LogP contribution in [0.3, 0.4) is 0 Å². The summed E-state index contributed by atoms with van der Waals surface area (Å²) in [4.78, 5) is 0. The van der Waals surface area contributed by atoms with Gasteiger partial charge in [0.05, 0.1) is 6.61 Å². The lowest BCUT2D eigenvalue weighted by Gasteiger charge is -2.26. The highest BCUT2D eigenvalue weighted by Gasteiger charge is 2.34. The monoisotopic (exact) mass is 291 g/mol. The van der Waals surface area contributed by atoms with Crippen molar-refractivity contribution < 1.29 is 5.11 Å². The van der Waals surface area contributed by atoms with E-state index in [-0.39, 0.29) is 24.4 Å². The Labute approximate surface area is 105 Å². The molecule has 0 saturated carbocycles. The lowest BCUT2D eigenvalue weighted by molar-refractivity contribution is 0.205. The first-order valence-electron chi connectivity index (χ1n) is 4.84.